The molecule has 0 aromatic heterocycles. The first-order chi connectivity index (χ1) is 9.13. The fourth-order valence-corrected chi connectivity index (χ4v) is 4.15. The summed E-state index contributed by atoms with van der Waals surface area (Å²) < 4.78 is 14.8. The Morgan fingerprint density at radius 1 is 1.47 bits per heavy atom. The zero-order chi connectivity index (χ0) is 13.4. The predicted octanol–water partition coefficient (Wildman–Crippen LogP) is 2.62. The molecule has 1 aromatic rings. The number of halogens is 1. The van der Waals surface area contributed by atoms with Gasteiger partial charge in [-0.05, 0) is 31.0 Å². The second-order valence-electron chi connectivity index (χ2n) is 5.19. The Balaban J connectivity index is 1.83. The average molecular weight is 297 g/mol. The Kier molecular flexibility index (Phi) is 3.76. The van der Waals surface area contributed by atoms with Crippen LogP contribution in [0, 0.1) is 0 Å². The maximum atomic E-state index is 11.8. The summed E-state index contributed by atoms with van der Waals surface area (Å²) in [6, 6.07) is 4.04. The van der Waals surface area contributed by atoms with Crippen LogP contribution in [0.15, 0.2) is 28.7 Å². The van der Waals surface area contributed by atoms with Gasteiger partial charge in [-0.15, -0.1) is 0 Å². The molecule has 1 unspecified atom stereocenters. The van der Waals surface area contributed by atoms with E-state index in [2.05, 4.69) is 22.6 Å². The van der Waals surface area contributed by atoms with E-state index in [0.717, 1.165) is 47.1 Å². The number of rotatable bonds is 2. The number of hydrogen-bond donors (Lipinski definition) is 1. The number of benzene rings is 1. The summed E-state index contributed by atoms with van der Waals surface area (Å²) in [5, 5.41) is 0.732. The Hall–Kier alpha value is -0.680. The van der Waals surface area contributed by atoms with Crippen LogP contribution in [0.3, 0.4) is 0 Å². The maximum Gasteiger partial charge on any atom is 0.125 e. The van der Waals surface area contributed by atoms with Crippen LogP contribution in [0.5, 0.6) is 0 Å². The van der Waals surface area contributed by atoms with Crippen molar-refractivity contribution in [3.05, 3.63) is 39.9 Å². The highest BCUT2D eigenvalue weighted by molar-refractivity contribution is 7.83. The fraction of sp³-hybridized carbons (Fsp3) is 0.429. The van der Waals surface area contributed by atoms with Gasteiger partial charge in [-0.25, -0.2) is 8.93 Å². The van der Waals surface area contributed by atoms with Crippen molar-refractivity contribution in [2.75, 3.05) is 13.1 Å². The van der Waals surface area contributed by atoms with Gasteiger partial charge < -0.3 is 0 Å². The molecule has 3 nitrogen and oxygen atoms in total. The van der Waals surface area contributed by atoms with Crippen LogP contribution < -0.4 is 4.72 Å². The Labute approximate surface area is 121 Å². The molecule has 0 amide bonds. The maximum absolute atomic E-state index is 11.8. The second kappa shape index (κ2) is 5.37. The molecular formula is C14H17ClN2OS. The van der Waals surface area contributed by atoms with Crippen molar-refractivity contribution >= 4 is 22.6 Å². The summed E-state index contributed by atoms with van der Waals surface area (Å²) >= 11 is 6.28. The van der Waals surface area contributed by atoms with Crippen LogP contribution in [0.1, 0.15) is 24.5 Å². The van der Waals surface area contributed by atoms with Gasteiger partial charge in [0.2, 0.25) is 0 Å². The molecule has 1 atom stereocenters. The van der Waals surface area contributed by atoms with E-state index < -0.39 is 11.0 Å². The molecule has 102 valence electrons. The normalized spacial score (nSPS) is 23.3. The van der Waals surface area contributed by atoms with Crippen LogP contribution >= 0.6 is 11.6 Å². The molecule has 5 heteroatoms. The van der Waals surface area contributed by atoms with Crippen molar-refractivity contribution < 1.29 is 4.21 Å². The second-order valence-corrected chi connectivity index (χ2v) is 6.87. The summed E-state index contributed by atoms with van der Waals surface area (Å²) in [7, 11) is -1.10. The molecule has 0 aliphatic carbocycles. The number of hydrogen-bond acceptors (Lipinski definition) is 2. The lowest BCUT2D eigenvalue weighted by Crippen LogP contribution is -2.28. The molecular weight excluding hydrogens is 280 g/mol. The molecule has 19 heavy (non-hydrogen) atoms. The van der Waals surface area contributed by atoms with Gasteiger partial charge in [0.05, 0.1) is 4.90 Å². The van der Waals surface area contributed by atoms with Crippen molar-refractivity contribution in [2.24, 2.45) is 0 Å². The zero-order valence-corrected chi connectivity index (χ0v) is 12.5. The summed E-state index contributed by atoms with van der Waals surface area (Å²) in [5.74, 6) is 0. The highest BCUT2D eigenvalue weighted by atomic mass is 35.5. The molecule has 2 heterocycles. The van der Waals surface area contributed by atoms with E-state index >= 15 is 0 Å². The first-order valence-corrected chi connectivity index (χ1v) is 8.01. The van der Waals surface area contributed by atoms with Gasteiger partial charge in [0.25, 0.3) is 0 Å². The van der Waals surface area contributed by atoms with Crippen molar-refractivity contribution in [3.8, 4) is 0 Å². The van der Waals surface area contributed by atoms with E-state index in [1.165, 1.54) is 5.57 Å². The summed E-state index contributed by atoms with van der Waals surface area (Å²) in [5.41, 5.74) is 3.55. The van der Waals surface area contributed by atoms with Gasteiger partial charge in [0.1, 0.15) is 11.0 Å². The Bertz CT molecular complexity index is 571. The average Bonchev–Trinajstić information content (AvgIpc) is 2.72. The van der Waals surface area contributed by atoms with E-state index in [0.29, 0.717) is 6.54 Å². The molecule has 0 bridgehead atoms. The predicted molar refractivity (Wildman–Crippen MR) is 78.4 cm³/mol. The van der Waals surface area contributed by atoms with Crippen LogP contribution in [0.4, 0.5) is 0 Å². The highest BCUT2D eigenvalue weighted by Gasteiger charge is 2.22. The SMILES string of the molecule is CC1=CCCN(Cc2cc(Cl)c3c(c2)S(=O)NC3)C1. The largest absolute Gasteiger partial charge is 0.295 e. The third kappa shape index (κ3) is 2.77. The highest BCUT2D eigenvalue weighted by Crippen LogP contribution is 2.29. The number of nitrogens with one attached hydrogen (secondary N) is 1. The van der Waals surface area contributed by atoms with Gasteiger partial charge in [0.15, 0.2) is 0 Å². The first-order valence-electron chi connectivity index (χ1n) is 6.48. The van der Waals surface area contributed by atoms with Crippen LogP contribution in [-0.4, -0.2) is 22.2 Å². The molecule has 0 radical (unpaired) electrons. The molecule has 1 N–H and O–H groups in total. The molecule has 2 aliphatic heterocycles. The lowest BCUT2D eigenvalue weighted by atomic mass is 10.1. The van der Waals surface area contributed by atoms with Gasteiger partial charge in [-0.2, -0.15) is 0 Å². The minimum atomic E-state index is -1.10. The van der Waals surface area contributed by atoms with Gasteiger partial charge in [-0.3, -0.25) is 4.90 Å². The minimum Gasteiger partial charge on any atom is -0.295 e. The van der Waals surface area contributed by atoms with Crippen LogP contribution in [0.2, 0.25) is 5.02 Å². The molecule has 3 rings (SSSR count). The molecule has 0 saturated heterocycles. The summed E-state index contributed by atoms with van der Waals surface area (Å²) in [6.45, 7) is 5.73. The first kappa shape index (κ1) is 13.3. The topological polar surface area (TPSA) is 32.3 Å². The molecule has 2 aliphatic rings. The zero-order valence-electron chi connectivity index (χ0n) is 10.9. The lowest BCUT2D eigenvalue weighted by Gasteiger charge is -2.26. The van der Waals surface area contributed by atoms with Gasteiger partial charge >= 0.3 is 0 Å². The van der Waals surface area contributed by atoms with E-state index in [9.17, 15) is 4.21 Å². The third-order valence-electron chi connectivity index (χ3n) is 3.61. The van der Waals surface area contributed by atoms with Crippen LogP contribution in [0.25, 0.3) is 0 Å². The van der Waals surface area contributed by atoms with Crippen molar-refractivity contribution in [1.29, 1.82) is 0 Å². The minimum absolute atomic E-state index is 0.604. The quantitative estimate of drug-likeness (QED) is 0.851. The number of fused-ring (bicyclic) bond motifs is 1. The third-order valence-corrected chi connectivity index (χ3v) is 5.12. The van der Waals surface area contributed by atoms with E-state index in [1.54, 1.807) is 0 Å². The Morgan fingerprint density at radius 3 is 3.11 bits per heavy atom. The van der Waals surface area contributed by atoms with E-state index in [1.807, 2.05) is 12.1 Å². The lowest BCUT2D eigenvalue weighted by molar-refractivity contribution is 0.282. The summed E-state index contributed by atoms with van der Waals surface area (Å²) in [6.07, 6.45) is 3.41. The van der Waals surface area contributed by atoms with Crippen LogP contribution in [-0.2, 0) is 24.1 Å². The van der Waals surface area contributed by atoms with Crippen molar-refractivity contribution in [2.45, 2.75) is 31.3 Å². The van der Waals surface area contributed by atoms with Gasteiger partial charge in [-0.1, -0.05) is 23.3 Å². The monoisotopic (exact) mass is 296 g/mol. The smallest absolute Gasteiger partial charge is 0.125 e. The molecule has 1 aromatic carbocycles. The molecule has 0 saturated carbocycles. The molecule has 0 fully saturated rings. The van der Waals surface area contributed by atoms with E-state index in [4.69, 9.17) is 11.6 Å². The van der Waals surface area contributed by atoms with Gasteiger partial charge in [0, 0.05) is 36.8 Å². The standard InChI is InChI=1S/C14H17ClN2OS/c1-10-3-2-4-17(8-10)9-11-5-13(15)12-7-16-19(18)14(12)6-11/h3,5-6,16H,2,4,7-9H2,1H3. The Morgan fingerprint density at radius 2 is 2.32 bits per heavy atom. The van der Waals surface area contributed by atoms with E-state index in [-0.39, 0.29) is 0 Å². The molecule has 0 spiro atoms. The van der Waals surface area contributed by atoms with Crippen molar-refractivity contribution in [1.82, 2.24) is 9.62 Å². The fourth-order valence-electron chi connectivity index (χ4n) is 2.69. The van der Waals surface area contributed by atoms with Crippen molar-refractivity contribution in [3.63, 3.8) is 0 Å². The summed E-state index contributed by atoms with van der Waals surface area (Å²) in [4.78, 5) is 3.25. The number of nitrogens with zero attached hydrogens (tertiary/aromatic N) is 1.